The van der Waals surface area contributed by atoms with E-state index >= 15 is 0 Å². The number of aromatic nitrogens is 2. The first kappa shape index (κ1) is 15.0. The minimum Gasteiger partial charge on any atom is -0.329 e. The summed E-state index contributed by atoms with van der Waals surface area (Å²) in [5.74, 6) is -0.0144. The van der Waals surface area contributed by atoms with Gasteiger partial charge >= 0.3 is 0 Å². The number of carbonyl (C=O) groups is 1. The van der Waals surface area contributed by atoms with Crippen LogP contribution in [0.15, 0.2) is 46.7 Å². The van der Waals surface area contributed by atoms with Crippen molar-refractivity contribution in [1.82, 2.24) is 9.55 Å². The number of thioether (sulfide) groups is 2. The predicted molar refractivity (Wildman–Crippen MR) is 85.4 cm³/mol. The molecule has 1 aromatic carbocycles. The highest BCUT2D eigenvalue weighted by Crippen LogP contribution is 2.26. The Kier molecular flexibility index (Phi) is 5.14. The van der Waals surface area contributed by atoms with Gasteiger partial charge in [0.05, 0.1) is 10.9 Å². The van der Waals surface area contributed by atoms with Crippen molar-refractivity contribution >= 4 is 35.1 Å². The normalized spacial score (nSPS) is 12.2. The zero-order chi connectivity index (χ0) is 14.5. The van der Waals surface area contributed by atoms with Gasteiger partial charge in [0.1, 0.15) is 0 Å². The fraction of sp³-hybridized carbons (Fsp3) is 0.286. The van der Waals surface area contributed by atoms with E-state index in [0.717, 1.165) is 15.7 Å². The van der Waals surface area contributed by atoms with Gasteiger partial charge in [-0.25, -0.2) is 4.98 Å². The van der Waals surface area contributed by atoms with E-state index in [1.54, 1.807) is 18.0 Å². The summed E-state index contributed by atoms with van der Waals surface area (Å²) in [7, 11) is 1.92. The fourth-order valence-corrected chi connectivity index (χ4v) is 3.04. The molecule has 1 amide bonds. The number of hydrogen-bond acceptors (Lipinski definition) is 4. The van der Waals surface area contributed by atoms with Gasteiger partial charge in [-0.15, -0.1) is 11.8 Å². The van der Waals surface area contributed by atoms with Crippen LogP contribution in [-0.2, 0) is 11.8 Å². The van der Waals surface area contributed by atoms with Gasteiger partial charge in [0.15, 0.2) is 5.16 Å². The lowest BCUT2D eigenvalue weighted by Gasteiger charge is -2.13. The topological polar surface area (TPSA) is 46.9 Å². The van der Waals surface area contributed by atoms with E-state index in [-0.39, 0.29) is 11.2 Å². The Hall–Kier alpha value is -1.40. The molecule has 2 rings (SSSR count). The smallest absolute Gasteiger partial charge is 0.237 e. The second-order valence-corrected chi connectivity index (χ2v) is 6.43. The number of imidazole rings is 1. The molecule has 1 N–H and O–H groups in total. The van der Waals surface area contributed by atoms with Crippen molar-refractivity contribution in [3.05, 3.63) is 36.7 Å². The monoisotopic (exact) mass is 307 g/mol. The van der Waals surface area contributed by atoms with E-state index in [1.165, 1.54) is 11.8 Å². The minimum atomic E-state index is -0.203. The van der Waals surface area contributed by atoms with Gasteiger partial charge in [0, 0.05) is 24.3 Å². The Morgan fingerprint density at radius 3 is 2.80 bits per heavy atom. The van der Waals surface area contributed by atoms with Crippen molar-refractivity contribution < 1.29 is 4.79 Å². The number of nitrogens with zero attached hydrogens (tertiary/aromatic N) is 2. The molecule has 0 aliphatic rings. The molecule has 0 saturated carbocycles. The minimum absolute atomic E-state index is 0.0144. The molecule has 1 unspecified atom stereocenters. The first-order valence-electron chi connectivity index (χ1n) is 6.19. The summed E-state index contributed by atoms with van der Waals surface area (Å²) in [6.45, 7) is 1.89. The lowest BCUT2D eigenvalue weighted by molar-refractivity contribution is -0.115. The Balaban J connectivity index is 2.02. The summed E-state index contributed by atoms with van der Waals surface area (Å²) in [6, 6.07) is 7.80. The van der Waals surface area contributed by atoms with Gasteiger partial charge in [0.25, 0.3) is 0 Å². The number of carbonyl (C=O) groups excluding carboxylic acids is 1. The maximum absolute atomic E-state index is 12.2. The zero-order valence-electron chi connectivity index (χ0n) is 11.7. The quantitative estimate of drug-likeness (QED) is 0.861. The van der Waals surface area contributed by atoms with Gasteiger partial charge < -0.3 is 9.88 Å². The van der Waals surface area contributed by atoms with Crippen LogP contribution < -0.4 is 5.32 Å². The van der Waals surface area contributed by atoms with Crippen molar-refractivity contribution in [2.75, 3.05) is 11.6 Å². The van der Waals surface area contributed by atoms with E-state index in [0.29, 0.717) is 0 Å². The number of nitrogens with one attached hydrogen (secondary N) is 1. The molecular weight excluding hydrogens is 290 g/mol. The number of aryl methyl sites for hydroxylation is 1. The summed E-state index contributed by atoms with van der Waals surface area (Å²) in [4.78, 5) is 17.5. The standard InChI is InChI=1S/C14H17N3OS2/c1-10(20-14-15-8-9-17(14)2)13(18)16-11-6-4-5-7-12(11)19-3/h4-10H,1-3H3,(H,16,18). The molecule has 20 heavy (non-hydrogen) atoms. The molecule has 0 bridgehead atoms. The van der Waals surface area contributed by atoms with Crippen LogP contribution in [-0.4, -0.2) is 27.0 Å². The van der Waals surface area contributed by atoms with E-state index in [9.17, 15) is 4.79 Å². The van der Waals surface area contributed by atoms with Crippen LogP contribution in [0.2, 0.25) is 0 Å². The third kappa shape index (κ3) is 3.58. The molecule has 2 aromatic rings. The van der Waals surface area contributed by atoms with Gasteiger partial charge in [0.2, 0.25) is 5.91 Å². The molecule has 0 saturated heterocycles. The lowest BCUT2D eigenvalue weighted by Crippen LogP contribution is -2.23. The van der Waals surface area contributed by atoms with Gasteiger partial charge in [-0.2, -0.15) is 0 Å². The lowest BCUT2D eigenvalue weighted by atomic mass is 10.3. The molecule has 0 aliphatic carbocycles. The molecule has 106 valence electrons. The van der Waals surface area contributed by atoms with Crippen LogP contribution in [0.1, 0.15) is 6.92 Å². The molecule has 1 heterocycles. The molecule has 6 heteroatoms. The SMILES string of the molecule is CSc1ccccc1NC(=O)C(C)Sc1nccn1C. The van der Waals surface area contributed by atoms with Crippen LogP contribution in [0.4, 0.5) is 5.69 Å². The molecule has 0 radical (unpaired) electrons. The van der Waals surface area contributed by atoms with Crippen LogP contribution in [0.5, 0.6) is 0 Å². The van der Waals surface area contributed by atoms with Crippen molar-refractivity contribution in [2.24, 2.45) is 7.05 Å². The summed E-state index contributed by atoms with van der Waals surface area (Å²) < 4.78 is 1.91. The van der Waals surface area contributed by atoms with E-state index in [4.69, 9.17) is 0 Å². The highest BCUT2D eigenvalue weighted by atomic mass is 32.2. The van der Waals surface area contributed by atoms with Crippen LogP contribution in [0.25, 0.3) is 0 Å². The van der Waals surface area contributed by atoms with E-state index in [1.807, 2.05) is 55.3 Å². The summed E-state index contributed by atoms with van der Waals surface area (Å²) in [5, 5.41) is 3.61. The third-order valence-corrected chi connectivity index (χ3v) is 4.76. The molecule has 1 atom stereocenters. The van der Waals surface area contributed by atoms with E-state index in [2.05, 4.69) is 10.3 Å². The van der Waals surface area contributed by atoms with Gasteiger partial charge in [-0.3, -0.25) is 4.79 Å². The number of para-hydroxylation sites is 1. The molecule has 0 fully saturated rings. The van der Waals surface area contributed by atoms with Crippen molar-refractivity contribution in [2.45, 2.75) is 22.2 Å². The maximum Gasteiger partial charge on any atom is 0.237 e. The predicted octanol–water partition coefficient (Wildman–Crippen LogP) is 3.26. The third-order valence-electron chi connectivity index (χ3n) is 2.79. The number of amides is 1. The molecule has 4 nitrogen and oxygen atoms in total. The average molecular weight is 307 g/mol. The van der Waals surface area contributed by atoms with Crippen LogP contribution in [0.3, 0.4) is 0 Å². The molecule has 0 aliphatic heterocycles. The van der Waals surface area contributed by atoms with E-state index < -0.39 is 0 Å². The largest absolute Gasteiger partial charge is 0.329 e. The second-order valence-electron chi connectivity index (χ2n) is 4.27. The Labute approximate surface area is 127 Å². The number of anilines is 1. The fourth-order valence-electron chi connectivity index (χ4n) is 1.66. The summed E-state index contributed by atoms with van der Waals surface area (Å²) >= 11 is 3.07. The number of rotatable bonds is 5. The van der Waals surface area contributed by atoms with Crippen molar-refractivity contribution in [3.8, 4) is 0 Å². The number of hydrogen-bond donors (Lipinski definition) is 1. The Morgan fingerprint density at radius 1 is 1.40 bits per heavy atom. The summed E-state index contributed by atoms with van der Waals surface area (Å²) in [5.41, 5.74) is 0.859. The first-order chi connectivity index (χ1) is 9.61. The van der Waals surface area contributed by atoms with Gasteiger partial charge in [-0.05, 0) is 25.3 Å². The van der Waals surface area contributed by atoms with Crippen molar-refractivity contribution in [1.29, 1.82) is 0 Å². The Morgan fingerprint density at radius 2 is 2.15 bits per heavy atom. The molecule has 1 aromatic heterocycles. The molecular formula is C14H17N3OS2. The molecule has 0 spiro atoms. The maximum atomic E-state index is 12.2. The van der Waals surface area contributed by atoms with Crippen molar-refractivity contribution in [3.63, 3.8) is 0 Å². The Bertz CT molecular complexity index is 598. The van der Waals surface area contributed by atoms with Gasteiger partial charge in [-0.1, -0.05) is 23.9 Å². The second kappa shape index (κ2) is 6.85. The summed E-state index contributed by atoms with van der Waals surface area (Å²) in [6.07, 6.45) is 5.60. The highest BCUT2D eigenvalue weighted by Gasteiger charge is 2.17. The van der Waals surface area contributed by atoms with Crippen LogP contribution in [0, 0.1) is 0 Å². The van der Waals surface area contributed by atoms with Crippen LogP contribution >= 0.6 is 23.5 Å². The number of benzene rings is 1. The highest BCUT2D eigenvalue weighted by molar-refractivity contribution is 8.00. The zero-order valence-corrected chi connectivity index (χ0v) is 13.3. The average Bonchev–Trinajstić information content (AvgIpc) is 2.84. The first-order valence-corrected chi connectivity index (χ1v) is 8.30.